The quantitative estimate of drug-likeness (QED) is 0.888. The van der Waals surface area contributed by atoms with E-state index in [9.17, 15) is 4.79 Å². The molecule has 0 aromatic heterocycles. The summed E-state index contributed by atoms with van der Waals surface area (Å²) in [5.74, 6) is 0.890. The fraction of sp³-hybridized carbons (Fsp3) is 0.500. The lowest BCUT2D eigenvalue weighted by Gasteiger charge is -2.17. The predicted molar refractivity (Wildman–Crippen MR) is 74.4 cm³/mol. The first kappa shape index (κ1) is 14.8. The maximum absolute atomic E-state index is 12.0. The Morgan fingerprint density at radius 2 is 2.06 bits per heavy atom. The average Bonchev–Trinajstić information content (AvgIpc) is 2.31. The summed E-state index contributed by atoms with van der Waals surface area (Å²) in [6.07, 6.45) is 0. The van der Waals surface area contributed by atoms with Crippen LogP contribution in [-0.2, 0) is 0 Å². The van der Waals surface area contributed by atoms with Gasteiger partial charge in [-0.1, -0.05) is 25.4 Å². The van der Waals surface area contributed by atoms with E-state index in [0.29, 0.717) is 28.9 Å². The topological polar surface area (TPSA) is 38.3 Å². The van der Waals surface area contributed by atoms with Crippen LogP contribution in [0, 0.1) is 5.92 Å². The summed E-state index contributed by atoms with van der Waals surface area (Å²) in [6, 6.07) is 5.21. The van der Waals surface area contributed by atoms with Crippen LogP contribution >= 0.6 is 11.6 Å². The second-order valence-electron chi connectivity index (χ2n) is 4.58. The molecule has 0 spiro atoms. The van der Waals surface area contributed by atoms with E-state index in [1.165, 1.54) is 0 Å². The molecule has 1 atom stereocenters. The van der Waals surface area contributed by atoms with Crippen LogP contribution in [-0.4, -0.2) is 18.6 Å². The van der Waals surface area contributed by atoms with Crippen molar-refractivity contribution < 1.29 is 9.53 Å². The van der Waals surface area contributed by atoms with Gasteiger partial charge in [0.1, 0.15) is 5.75 Å². The molecule has 18 heavy (non-hydrogen) atoms. The van der Waals surface area contributed by atoms with Crippen molar-refractivity contribution >= 4 is 17.5 Å². The van der Waals surface area contributed by atoms with Crippen molar-refractivity contribution in [2.45, 2.75) is 33.7 Å². The summed E-state index contributed by atoms with van der Waals surface area (Å²) in [7, 11) is 0. The molecule has 0 fully saturated rings. The van der Waals surface area contributed by atoms with Crippen molar-refractivity contribution in [2.75, 3.05) is 6.61 Å². The van der Waals surface area contributed by atoms with E-state index >= 15 is 0 Å². The van der Waals surface area contributed by atoms with Gasteiger partial charge in [0.15, 0.2) is 0 Å². The van der Waals surface area contributed by atoms with E-state index in [-0.39, 0.29) is 11.9 Å². The maximum atomic E-state index is 12.0. The first-order chi connectivity index (χ1) is 8.45. The molecule has 0 heterocycles. The largest absolute Gasteiger partial charge is 0.492 e. The molecule has 0 aliphatic heterocycles. The van der Waals surface area contributed by atoms with Gasteiger partial charge < -0.3 is 10.1 Å². The summed E-state index contributed by atoms with van der Waals surface area (Å²) >= 11 is 6.05. The van der Waals surface area contributed by atoms with Crippen molar-refractivity contribution in [2.24, 2.45) is 5.92 Å². The van der Waals surface area contributed by atoms with Gasteiger partial charge >= 0.3 is 0 Å². The number of ether oxygens (including phenoxy) is 1. The monoisotopic (exact) mass is 269 g/mol. The number of benzene rings is 1. The summed E-state index contributed by atoms with van der Waals surface area (Å²) in [4.78, 5) is 12.0. The lowest BCUT2D eigenvalue weighted by molar-refractivity contribution is 0.0930. The average molecular weight is 270 g/mol. The molecule has 1 rings (SSSR count). The van der Waals surface area contributed by atoms with Gasteiger partial charge in [-0.05, 0) is 38.0 Å². The maximum Gasteiger partial charge on any atom is 0.251 e. The molecule has 0 saturated heterocycles. The molecule has 0 aliphatic rings. The summed E-state index contributed by atoms with van der Waals surface area (Å²) in [5.41, 5.74) is 0.552. The molecule has 3 nitrogen and oxygen atoms in total. The molecule has 100 valence electrons. The predicted octanol–water partition coefficient (Wildman–Crippen LogP) is 3.51. The van der Waals surface area contributed by atoms with E-state index in [1.54, 1.807) is 18.2 Å². The van der Waals surface area contributed by atoms with Crippen molar-refractivity contribution in [1.82, 2.24) is 5.32 Å². The fourth-order valence-corrected chi connectivity index (χ4v) is 1.61. The minimum atomic E-state index is -0.110. The number of carbonyl (C=O) groups is 1. The Morgan fingerprint density at radius 3 is 2.56 bits per heavy atom. The van der Waals surface area contributed by atoms with Crippen LogP contribution in [0.25, 0.3) is 0 Å². The zero-order chi connectivity index (χ0) is 13.7. The Labute approximate surface area is 113 Å². The first-order valence-corrected chi connectivity index (χ1v) is 6.56. The van der Waals surface area contributed by atoms with Crippen LogP contribution < -0.4 is 10.1 Å². The number of hydrogen-bond donors (Lipinski definition) is 1. The van der Waals surface area contributed by atoms with E-state index < -0.39 is 0 Å². The second kappa shape index (κ2) is 6.64. The summed E-state index contributed by atoms with van der Waals surface area (Å²) in [6.45, 7) is 8.56. The third-order valence-corrected chi connectivity index (χ3v) is 3.15. The molecule has 4 heteroatoms. The van der Waals surface area contributed by atoms with Gasteiger partial charge in [0.2, 0.25) is 0 Å². The van der Waals surface area contributed by atoms with Gasteiger partial charge in [-0.3, -0.25) is 4.79 Å². The number of amides is 1. The number of carbonyl (C=O) groups excluding carboxylic acids is 1. The minimum Gasteiger partial charge on any atom is -0.492 e. The highest BCUT2D eigenvalue weighted by Gasteiger charge is 2.13. The molecule has 0 bridgehead atoms. The molecular weight excluding hydrogens is 250 g/mol. The number of hydrogen-bond acceptors (Lipinski definition) is 2. The third kappa shape index (κ3) is 3.91. The molecular formula is C14H20ClNO2. The van der Waals surface area contributed by atoms with Crippen molar-refractivity contribution in [3.63, 3.8) is 0 Å². The highest BCUT2D eigenvalue weighted by molar-refractivity contribution is 6.32. The van der Waals surface area contributed by atoms with Crippen LogP contribution in [0.4, 0.5) is 0 Å². The second-order valence-corrected chi connectivity index (χ2v) is 4.99. The van der Waals surface area contributed by atoms with Crippen molar-refractivity contribution in [1.29, 1.82) is 0 Å². The lowest BCUT2D eigenvalue weighted by Crippen LogP contribution is -2.36. The molecule has 0 aliphatic carbocycles. The smallest absolute Gasteiger partial charge is 0.251 e. The van der Waals surface area contributed by atoms with Crippen LogP contribution in [0.1, 0.15) is 38.1 Å². The summed E-state index contributed by atoms with van der Waals surface area (Å²) < 4.78 is 5.33. The van der Waals surface area contributed by atoms with E-state index in [1.807, 2.05) is 13.8 Å². The number of halogens is 1. The Kier molecular flexibility index (Phi) is 5.48. The first-order valence-electron chi connectivity index (χ1n) is 6.19. The van der Waals surface area contributed by atoms with E-state index in [2.05, 4.69) is 19.2 Å². The number of nitrogens with one attached hydrogen (secondary N) is 1. The third-order valence-electron chi connectivity index (χ3n) is 2.85. The van der Waals surface area contributed by atoms with Crippen molar-refractivity contribution in [3.8, 4) is 5.75 Å². The fourth-order valence-electron chi connectivity index (χ4n) is 1.37. The van der Waals surface area contributed by atoms with E-state index in [4.69, 9.17) is 16.3 Å². The Balaban J connectivity index is 2.78. The minimum absolute atomic E-state index is 0.110. The number of rotatable bonds is 5. The van der Waals surface area contributed by atoms with Gasteiger partial charge in [0.05, 0.1) is 11.6 Å². The van der Waals surface area contributed by atoms with Crippen LogP contribution in [0.3, 0.4) is 0 Å². The Bertz CT molecular complexity index is 418. The van der Waals surface area contributed by atoms with Gasteiger partial charge in [0, 0.05) is 11.6 Å². The molecule has 0 saturated carbocycles. The van der Waals surface area contributed by atoms with Crippen molar-refractivity contribution in [3.05, 3.63) is 28.8 Å². The Morgan fingerprint density at radius 1 is 1.39 bits per heavy atom. The van der Waals surface area contributed by atoms with Crippen LogP contribution in [0.5, 0.6) is 5.75 Å². The zero-order valence-corrected chi connectivity index (χ0v) is 12.0. The highest BCUT2D eigenvalue weighted by atomic mass is 35.5. The van der Waals surface area contributed by atoms with Crippen LogP contribution in [0.2, 0.25) is 5.02 Å². The van der Waals surface area contributed by atoms with Crippen LogP contribution in [0.15, 0.2) is 18.2 Å². The molecule has 1 aromatic rings. The zero-order valence-electron chi connectivity index (χ0n) is 11.3. The molecule has 1 unspecified atom stereocenters. The highest BCUT2D eigenvalue weighted by Crippen LogP contribution is 2.25. The molecule has 1 amide bonds. The standard InChI is InChI=1S/C14H20ClNO2/c1-5-18-13-7-6-11(8-12(13)15)14(17)16-10(4)9(2)3/h6-10H,5H2,1-4H3,(H,16,17). The molecule has 1 N–H and O–H groups in total. The summed E-state index contributed by atoms with van der Waals surface area (Å²) in [5, 5.41) is 3.40. The van der Waals surface area contributed by atoms with Gasteiger partial charge in [-0.2, -0.15) is 0 Å². The molecule has 1 aromatic carbocycles. The SMILES string of the molecule is CCOc1ccc(C(=O)NC(C)C(C)C)cc1Cl. The molecule has 0 radical (unpaired) electrons. The van der Waals surface area contributed by atoms with Gasteiger partial charge in [-0.25, -0.2) is 0 Å². The van der Waals surface area contributed by atoms with Gasteiger partial charge in [-0.15, -0.1) is 0 Å². The van der Waals surface area contributed by atoms with Gasteiger partial charge in [0.25, 0.3) is 5.91 Å². The Hall–Kier alpha value is -1.22. The lowest BCUT2D eigenvalue weighted by atomic mass is 10.1. The van der Waals surface area contributed by atoms with E-state index in [0.717, 1.165) is 0 Å². The normalized spacial score (nSPS) is 12.3.